The van der Waals surface area contributed by atoms with Crippen LogP contribution in [0.4, 0.5) is 27.3 Å². The van der Waals surface area contributed by atoms with E-state index in [9.17, 15) is 9.18 Å². The molecule has 0 aliphatic carbocycles. The van der Waals surface area contributed by atoms with Crippen molar-refractivity contribution in [3.63, 3.8) is 0 Å². The van der Waals surface area contributed by atoms with E-state index >= 15 is 0 Å². The molecule has 1 amide bonds. The van der Waals surface area contributed by atoms with Gasteiger partial charge >= 0.3 is 0 Å². The first-order valence-electron chi connectivity index (χ1n) is 15.0. The third-order valence-electron chi connectivity index (χ3n) is 8.33. The molecule has 3 aromatic heterocycles. The zero-order valence-corrected chi connectivity index (χ0v) is 28.0. The fraction of sp³-hybridized carbons (Fsp3) is 0.265. The largest absolute Gasteiger partial charge is 0.495 e. The monoisotopic (exact) mass is 677 g/mol. The number of aromatic nitrogens is 3. The molecule has 47 heavy (non-hydrogen) atoms. The molecule has 0 unspecified atom stereocenters. The van der Waals surface area contributed by atoms with Crippen molar-refractivity contribution in [2.45, 2.75) is 13.8 Å². The minimum atomic E-state index is -1.08. The fourth-order valence-electron chi connectivity index (χ4n) is 5.83. The van der Waals surface area contributed by atoms with Crippen molar-refractivity contribution in [3.8, 4) is 22.6 Å². The maximum absolute atomic E-state index is 13.8. The van der Waals surface area contributed by atoms with E-state index in [-0.39, 0.29) is 0 Å². The van der Waals surface area contributed by atoms with Crippen molar-refractivity contribution in [1.82, 2.24) is 19.3 Å². The molecule has 0 bridgehead atoms. The summed E-state index contributed by atoms with van der Waals surface area (Å²) < 4.78 is 26.8. The minimum Gasteiger partial charge on any atom is -0.495 e. The number of methoxy groups -OCH3 is 2. The molecule has 5 aromatic rings. The van der Waals surface area contributed by atoms with Gasteiger partial charge in [-0.1, -0.05) is 36.7 Å². The number of hydrogen-bond acceptors (Lipinski definition) is 8. The zero-order chi connectivity index (χ0) is 33.4. The molecule has 0 radical (unpaired) electrons. The first kappa shape index (κ1) is 32.4. The van der Waals surface area contributed by atoms with Crippen molar-refractivity contribution in [2.24, 2.45) is 0 Å². The minimum absolute atomic E-state index is 0.327. The number of fused-ring (bicyclic) bond motifs is 3. The van der Waals surface area contributed by atoms with Gasteiger partial charge in [0.25, 0.3) is 5.91 Å². The Morgan fingerprint density at radius 1 is 1.02 bits per heavy atom. The molecule has 244 valence electrons. The van der Waals surface area contributed by atoms with Crippen molar-refractivity contribution in [2.75, 3.05) is 62.5 Å². The van der Waals surface area contributed by atoms with Crippen LogP contribution in [0.15, 0.2) is 61.2 Å². The van der Waals surface area contributed by atoms with Crippen molar-refractivity contribution < 1.29 is 18.7 Å². The number of piperazine rings is 1. The van der Waals surface area contributed by atoms with Crippen LogP contribution in [0.1, 0.15) is 12.6 Å². The summed E-state index contributed by atoms with van der Waals surface area (Å²) in [5.74, 6) is -0.673. The molecular weight excluding hydrogens is 644 g/mol. The highest BCUT2D eigenvalue weighted by atomic mass is 35.5. The average Bonchev–Trinajstić information content (AvgIpc) is 3.47. The summed E-state index contributed by atoms with van der Waals surface area (Å²) in [7, 11) is 3.05. The SMILES string of the molecule is C=C(F)C(=O)Nc1cc(N2CCN(CC)CC2)ccc1Nc1cc2c(cn1)cc(-c1c(Cl)c(OC)cc(OC)c1Cl)c1nc(C)cn12. The first-order chi connectivity index (χ1) is 22.6. The molecule has 2 N–H and O–H groups in total. The number of nitrogens with one attached hydrogen (secondary N) is 2. The third kappa shape index (κ3) is 6.26. The van der Waals surface area contributed by atoms with Gasteiger partial charge in [0.05, 0.1) is 46.9 Å². The number of amides is 1. The van der Waals surface area contributed by atoms with Gasteiger partial charge in [-0.05, 0) is 37.7 Å². The van der Waals surface area contributed by atoms with Crippen molar-refractivity contribution >= 4 is 68.5 Å². The van der Waals surface area contributed by atoms with Crippen LogP contribution in [-0.2, 0) is 4.79 Å². The van der Waals surface area contributed by atoms with E-state index in [0.29, 0.717) is 55.5 Å². The Hall–Kier alpha value is -4.58. The van der Waals surface area contributed by atoms with Gasteiger partial charge in [-0.25, -0.2) is 14.4 Å². The molecule has 0 saturated carbocycles. The Morgan fingerprint density at radius 2 is 1.72 bits per heavy atom. The van der Waals surface area contributed by atoms with E-state index in [1.165, 1.54) is 14.2 Å². The fourth-order valence-corrected chi connectivity index (χ4v) is 6.54. The molecule has 1 aliphatic heterocycles. The molecule has 0 spiro atoms. The van der Waals surface area contributed by atoms with Crippen LogP contribution in [0.2, 0.25) is 10.0 Å². The van der Waals surface area contributed by atoms with Crippen LogP contribution >= 0.6 is 23.2 Å². The topological polar surface area (TPSA) is 96.3 Å². The standard InChI is InChI=1S/C34H34Cl2FN7O3/c1-6-42-9-11-43(12-10-42)22-7-8-24(25(14-22)41-34(45)20(3)37)40-29-15-26-21(17-38-29)13-23(33-39-19(2)18-44(26)33)30-31(35)27(46-4)16-28(47-5)32(30)36/h7-8,13-18H,3,6,9-12H2,1-2,4-5H3,(H,38,40)(H,41,45). The lowest BCUT2D eigenvalue weighted by atomic mass is 10.0. The summed E-state index contributed by atoms with van der Waals surface area (Å²) >= 11 is 13.6. The number of rotatable bonds is 9. The number of ether oxygens (including phenoxy) is 2. The van der Waals surface area contributed by atoms with E-state index in [0.717, 1.165) is 55.0 Å². The van der Waals surface area contributed by atoms with E-state index < -0.39 is 11.7 Å². The Balaban J connectivity index is 1.41. The van der Waals surface area contributed by atoms with Gasteiger partial charge in [0, 0.05) is 72.9 Å². The summed E-state index contributed by atoms with van der Waals surface area (Å²) in [4.78, 5) is 26.5. The van der Waals surface area contributed by atoms with Crippen LogP contribution in [0.25, 0.3) is 27.7 Å². The number of imidazole rings is 1. The van der Waals surface area contributed by atoms with Crippen LogP contribution in [0.5, 0.6) is 11.5 Å². The maximum Gasteiger partial charge on any atom is 0.283 e. The third-order valence-corrected chi connectivity index (χ3v) is 9.08. The Labute approximate surface area is 281 Å². The van der Waals surface area contributed by atoms with Gasteiger partial charge in [-0.3, -0.25) is 9.20 Å². The molecule has 0 atom stereocenters. The summed E-state index contributed by atoms with van der Waals surface area (Å²) in [6.07, 6.45) is 3.63. The van der Waals surface area contributed by atoms with Crippen molar-refractivity contribution in [3.05, 3.63) is 76.9 Å². The van der Waals surface area contributed by atoms with Crippen LogP contribution in [-0.4, -0.2) is 72.1 Å². The molecule has 1 saturated heterocycles. The highest BCUT2D eigenvalue weighted by molar-refractivity contribution is 6.41. The first-order valence-corrected chi connectivity index (χ1v) is 15.8. The molecule has 1 aliphatic rings. The number of pyridine rings is 2. The van der Waals surface area contributed by atoms with E-state index in [2.05, 4.69) is 38.9 Å². The van der Waals surface area contributed by atoms with E-state index in [4.69, 9.17) is 37.7 Å². The number of nitrogens with zero attached hydrogens (tertiary/aromatic N) is 5. The summed E-state index contributed by atoms with van der Waals surface area (Å²) in [6.45, 7) is 11.8. The number of carbonyl (C=O) groups is 1. The van der Waals surface area contributed by atoms with E-state index in [1.807, 2.05) is 47.9 Å². The Kier molecular flexibility index (Phi) is 9.14. The summed E-state index contributed by atoms with van der Waals surface area (Å²) in [5.41, 5.74) is 5.26. The van der Waals surface area contributed by atoms with Gasteiger partial charge in [-0.15, -0.1) is 0 Å². The second-order valence-electron chi connectivity index (χ2n) is 11.2. The number of aryl methyl sites for hydroxylation is 1. The van der Waals surface area contributed by atoms with E-state index in [1.54, 1.807) is 12.3 Å². The number of benzene rings is 2. The normalized spacial score (nSPS) is 13.6. The number of halogens is 3. The summed E-state index contributed by atoms with van der Waals surface area (Å²) in [5, 5.41) is 7.40. The van der Waals surface area contributed by atoms with Gasteiger partial charge < -0.3 is 29.9 Å². The lowest BCUT2D eigenvalue weighted by Gasteiger charge is -2.35. The lowest BCUT2D eigenvalue weighted by Crippen LogP contribution is -2.46. The molecule has 10 nitrogen and oxygen atoms in total. The van der Waals surface area contributed by atoms with Crippen LogP contribution in [0.3, 0.4) is 0 Å². The molecule has 13 heteroatoms. The Bertz CT molecular complexity index is 2000. The van der Waals surface area contributed by atoms with Gasteiger partial charge in [0.2, 0.25) is 0 Å². The van der Waals surface area contributed by atoms with Crippen LogP contribution in [0, 0.1) is 6.92 Å². The highest BCUT2D eigenvalue weighted by Crippen LogP contribution is 2.47. The molecule has 4 heterocycles. The van der Waals surface area contributed by atoms with Gasteiger partial charge in [-0.2, -0.15) is 0 Å². The second-order valence-corrected chi connectivity index (χ2v) is 11.9. The Morgan fingerprint density at radius 3 is 2.36 bits per heavy atom. The average molecular weight is 679 g/mol. The van der Waals surface area contributed by atoms with Gasteiger partial charge in [0.1, 0.15) is 23.0 Å². The van der Waals surface area contributed by atoms with Crippen molar-refractivity contribution in [1.29, 1.82) is 0 Å². The molecule has 2 aromatic carbocycles. The number of carbonyl (C=O) groups excluding carboxylic acids is 1. The molecule has 6 rings (SSSR count). The number of likely N-dealkylation sites (N-methyl/N-ethyl adjacent to an activating group) is 1. The quantitative estimate of drug-likeness (QED) is 0.155. The maximum atomic E-state index is 13.8. The van der Waals surface area contributed by atoms with Crippen LogP contribution < -0.4 is 25.0 Å². The second kappa shape index (κ2) is 13.3. The zero-order valence-electron chi connectivity index (χ0n) is 26.5. The highest BCUT2D eigenvalue weighted by Gasteiger charge is 2.23. The predicted molar refractivity (Wildman–Crippen MR) is 187 cm³/mol. The number of hydrogen-bond donors (Lipinski definition) is 2. The summed E-state index contributed by atoms with van der Waals surface area (Å²) in [6, 6.07) is 11.1. The molecular formula is C34H34Cl2FN7O3. The molecule has 1 fully saturated rings. The predicted octanol–water partition coefficient (Wildman–Crippen LogP) is 7.49. The number of anilines is 4. The lowest BCUT2D eigenvalue weighted by molar-refractivity contribution is -0.114. The van der Waals surface area contributed by atoms with Gasteiger partial charge in [0.15, 0.2) is 5.83 Å². The smallest absolute Gasteiger partial charge is 0.283 e.